The van der Waals surface area contributed by atoms with Crippen molar-refractivity contribution in [1.29, 1.82) is 0 Å². The maximum atomic E-state index is 13.2. The molecule has 1 atom stereocenters. The van der Waals surface area contributed by atoms with Crippen molar-refractivity contribution in [3.05, 3.63) is 143 Å². The lowest BCUT2D eigenvalue weighted by Crippen LogP contribution is -2.36. The van der Waals surface area contributed by atoms with Crippen LogP contribution in [0.4, 0.5) is 5.69 Å². The van der Waals surface area contributed by atoms with Gasteiger partial charge in [0.1, 0.15) is 11.5 Å². The van der Waals surface area contributed by atoms with Gasteiger partial charge in [0, 0.05) is 28.6 Å². The molecule has 4 heteroatoms. The second-order valence-corrected chi connectivity index (χ2v) is 9.05. The van der Waals surface area contributed by atoms with E-state index in [4.69, 9.17) is 9.47 Å². The number of hydrogen-bond acceptors (Lipinski definition) is 4. The zero-order chi connectivity index (χ0) is 24.9. The highest BCUT2D eigenvalue weighted by Gasteiger charge is 2.55. The van der Waals surface area contributed by atoms with Crippen molar-refractivity contribution in [2.75, 3.05) is 5.32 Å². The van der Waals surface area contributed by atoms with Crippen molar-refractivity contribution in [2.24, 2.45) is 0 Å². The normalized spacial score (nSPS) is 20.2. The Morgan fingerprint density at radius 1 is 0.944 bits per heavy atom. The molecule has 6 rings (SSSR count). The van der Waals surface area contributed by atoms with Gasteiger partial charge in [-0.1, -0.05) is 79.4 Å². The Hall–Kier alpha value is -4.57. The first-order valence-corrected chi connectivity index (χ1v) is 12.0. The highest BCUT2D eigenvalue weighted by atomic mass is 16.6. The Kier molecular flexibility index (Phi) is 5.04. The van der Waals surface area contributed by atoms with E-state index in [1.54, 1.807) is 0 Å². The van der Waals surface area contributed by atoms with Gasteiger partial charge in [-0.15, -0.1) is 0 Å². The molecule has 176 valence electrons. The van der Waals surface area contributed by atoms with Crippen LogP contribution in [0.2, 0.25) is 0 Å². The summed E-state index contributed by atoms with van der Waals surface area (Å²) < 4.78 is 12.9. The van der Waals surface area contributed by atoms with Gasteiger partial charge in [0.25, 0.3) is 0 Å². The number of anilines is 1. The number of ether oxygens (including phenoxy) is 2. The average Bonchev–Trinajstić information content (AvgIpc) is 3.17. The zero-order valence-corrected chi connectivity index (χ0v) is 20.2. The molecule has 0 saturated heterocycles. The van der Waals surface area contributed by atoms with E-state index in [9.17, 15) is 4.79 Å². The van der Waals surface area contributed by atoms with Gasteiger partial charge in [0.05, 0.1) is 11.1 Å². The summed E-state index contributed by atoms with van der Waals surface area (Å²) in [5.74, 6) is 0.886. The molecule has 2 aliphatic heterocycles. The van der Waals surface area contributed by atoms with Crippen molar-refractivity contribution in [1.82, 2.24) is 0 Å². The molecule has 0 saturated carbocycles. The van der Waals surface area contributed by atoms with Crippen LogP contribution >= 0.6 is 0 Å². The van der Waals surface area contributed by atoms with Crippen molar-refractivity contribution in [3.8, 4) is 5.75 Å². The first-order valence-electron chi connectivity index (χ1n) is 12.0. The zero-order valence-electron chi connectivity index (χ0n) is 20.2. The van der Waals surface area contributed by atoms with E-state index < -0.39 is 5.60 Å². The second kappa shape index (κ2) is 8.28. The topological polar surface area (TPSA) is 47.6 Å². The van der Waals surface area contributed by atoms with Crippen LogP contribution in [0.3, 0.4) is 0 Å². The standard InChI is InChI=1S/C32H25NO3/c1-4-25-29(19-21(3)33-27-16-10-5-11-20(27)2)35-28-18-17-22-12-6-7-13-23(22)30(28)32(25)26-15-9-8-14-24(26)31(34)36-32/h4-19,33H,3H2,1-2H3/b25-4+,29-19+. The van der Waals surface area contributed by atoms with E-state index in [1.165, 1.54) is 0 Å². The molecule has 4 aromatic rings. The number of rotatable bonds is 3. The van der Waals surface area contributed by atoms with Crippen LogP contribution in [0.15, 0.2) is 121 Å². The fourth-order valence-electron chi connectivity index (χ4n) is 5.32. The average molecular weight is 472 g/mol. The van der Waals surface area contributed by atoms with Crippen molar-refractivity contribution >= 4 is 22.4 Å². The lowest BCUT2D eigenvalue weighted by Gasteiger charge is -2.39. The van der Waals surface area contributed by atoms with Gasteiger partial charge in [0.2, 0.25) is 0 Å². The third-order valence-electron chi connectivity index (χ3n) is 6.91. The predicted molar refractivity (Wildman–Crippen MR) is 143 cm³/mol. The Morgan fingerprint density at radius 3 is 2.53 bits per heavy atom. The molecule has 0 fully saturated rings. The van der Waals surface area contributed by atoms with Crippen LogP contribution in [0.5, 0.6) is 5.75 Å². The van der Waals surface area contributed by atoms with Crippen LogP contribution in [0.1, 0.15) is 34.0 Å². The summed E-state index contributed by atoms with van der Waals surface area (Å²) in [4.78, 5) is 13.2. The first-order chi connectivity index (χ1) is 17.5. The summed E-state index contributed by atoms with van der Waals surface area (Å²) in [6, 6.07) is 27.7. The fourth-order valence-corrected chi connectivity index (χ4v) is 5.32. The van der Waals surface area contributed by atoms with Gasteiger partial charge in [-0.25, -0.2) is 4.79 Å². The van der Waals surface area contributed by atoms with Gasteiger partial charge in [0.15, 0.2) is 5.60 Å². The number of benzene rings is 4. The Morgan fingerprint density at radius 2 is 1.69 bits per heavy atom. The summed E-state index contributed by atoms with van der Waals surface area (Å²) in [5, 5.41) is 5.41. The number of hydrogen-bond donors (Lipinski definition) is 1. The van der Waals surface area contributed by atoms with Gasteiger partial charge >= 0.3 is 5.97 Å². The third kappa shape index (κ3) is 3.18. The SMILES string of the molecule is C=C(/C=C1/Oc2ccc3ccccc3c2C2(OC(=O)c3ccccc32)/C1=C/C)Nc1ccccc1C. The number of carbonyl (C=O) groups is 1. The van der Waals surface area contributed by atoms with Gasteiger partial charge in [-0.3, -0.25) is 0 Å². The highest BCUT2D eigenvalue weighted by Crippen LogP contribution is 2.57. The van der Waals surface area contributed by atoms with Crippen LogP contribution in [-0.2, 0) is 10.3 Å². The number of para-hydroxylation sites is 1. The second-order valence-electron chi connectivity index (χ2n) is 9.05. The van der Waals surface area contributed by atoms with E-state index in [0.717, 1.165) is 38.7 Å². The van der Waals surface area contributed by atoms with Crippen LogP contribution in [0.25, 0.3) is 10.8 Å². The molecule has 4 nitrogen and oxygen atoms in total. The smallest absolute Gasteiger partial charge is 0.340 e. The number of esters is 1. The molecule has 0 amide bonds. The van der Waals surface area contributed by atoms with E-state index in [-0.39, 0.29) is 5.97 Å². The molecule has 1 spiro atoms. The minimum absolute atomic E-state index is 0.345. The van der Waals surface area contributed by atoms with Gasteiger partial charge in [-0.05, 0) is 48.4 Å². The van der Waals surface area contributed by atoms with Crippen LogP contribution in [0, 0.1) is 6.92 Å². The molecular weight excluding hydrogens is 446 g/mol. The van der Waals surface area contributed by atoms with Crippen LogP contribution < -0.4 is 10.1 Å². The Balaban J connectivity index is 1.58. The fraction of sp³-hybridized carbons (Fsp3) is 0.0938. The number of aryl methyl sites for hydroxylation is 1. The quantitative estimate of drug-likeness (QED) is 0.316. The Bertz CT molecular complexity index is 1630. The largest absolute Gasteiger partial charge is 0.456 e. The summed E-state index contributed by atoms with van der Waals surface area (Å²) in [6.45, 7) is 8.22. The maximum absolute atomic E-state index is 13.2. The highest BCUT2D eigenvalue weighted by molar-refractivity contribution is 6.00. The minimum Gasteiger partial charge on any atom is -0.456 e. The van der Waals surface area contributed by atoms with E-state index in [0.29, 0.717) is 22.8 Å². The number of nitrogens with one attached hydrogen (secondary N) is 1. The maximum Gasteiger partial charge on any atom is 0.340 e. The van der Waals surface area contributed by atoms with E-state index in [2.05, 4.69) is 24.0 Å². The molecule has 0 radical (unpaired) electrons. The van der Waals surface area contributed by atoms with Crippen molar-refractivity contribution in [3.63, 3.8) is 0 Å². The number of carbonyl (C=O) groups excluding carboxylic acids is 1. The first kappa shape index (κ1) is 21.9. The van der Waals surface area contributed by atoms with E-state index >= 15 is 0 Å². The molecule has 0 aromatic heterocycles. The molecule has 1 unspecified atom stereocenters. The van der Waals surface area contributed by atoms with E-state index in [1.807, 2.05) is 98.8 Å². The molecular formula is C32H25NO3. The lowest BCUT2D eigenvalue weighted by atomic mass is 9.74. The lowest BCUT2D eigenvalue weighted by molar-refractivity contribution is 0.0207. The molecule has 0 bridgehead atoms. The Labute approximate surface area is 210 Å². The number of allylic oxidation sites excluding steroid dienone is 2. The number of fused-ring (bicyclic) bond motifs is 6. The summed E-state index contributed by atoms with van der Waals surface area (Å²) >= 11 is 0. The summed E-state index contributed by atoms with van der Waals surface area (Å²) in [7, 11) is 0. The summed E-state index contributed by atoms with van der Waals surface area (Å²) in [5.41, 5.74) is 4.58. The molecule has 2 heterocycles. The monoisotopic (exact) mass is 471 g/mol. The third-order valence-corrected chi connectivity index (χ3v) is 6.91. The molecule has 0 aliphatic carbocycles. The summed E-state index contributed by atoms with van der Waals surface area (Å²) in [6.07, 6.45) is 3.84. The van der Waals surface area contributed by atoms with Gasteiger partial charge < -0.3 is 14.8 Å². The van der Waals surface area contributed by atoms with Gasteiger partial charge in [-0.2, -0.15) is 0 Å². The van der Waals surface area contributed by atoms with Crippen molar-refractivity contribution in [2.45, 2.75) is 19.4 Å². The molecule has 2 aliphatic rings. The molecule has 1 N–H and O–H groups in total. The van der Waals surface area contributed by atoms with Crippen LogP contribution in [-0.4, -0.2) is 5.97 Å². The minimum atomic E-state index is -1.13. The predicted octanol–water partition coefficient (Wildman–Crippen LogP) is 7.41. The molecule has 4 aromatic carbocycles. The van der Waals surface area contributed by atoms with Crippen molar-refractivity contribution < 1.29 is 14.3 Å². The molecule has 36 heavy (non-hydrogen) atoms.